The normalized spacial score (nSPS) is 11.0. The van der Waals surface area contributed by atoms with Crippen molar-refractivity contribution in [3.05, 3.63) is 56.9 Å². The van der Waals surface area contributed by atoms with E-state index in [1.807, 2.05) is 13.8 Å². The van der Waals surface area contributed by atoms with Gasteiger partial charge in [0.1, 0.15) is 0 Å². The molecule has 1 heterocycles. The minimum atomic E-state index is -0.512. The summed E-state index contributed by atoms with van der Waals surface area (Å²) in [5.74, 6) is 0.113. The van der Waals surface area contributed by atoms with Crippen LogP contribution in [0.1, 0.15) is 41.2 Å². The molecule has 0 amide bonds. The molecule has 0 aliphatic carbocycles. The van der Waals surface area contributed by atoms with Crippen molar-refractivity contribution in [1.29, 1.82) is 0 Å². The van der Waals surface area contributed by atoms with Crippen LogP contribution < -0.4 is 0 Å². The molecule has 1 aromatic carbocycles. The van der Waals surface area contributed by atoms with Gasteiger partial charge in [-0.05, 0) is 37.8 Å². The molecule has 22 heavy (non-hydrogen) atoms. The number of nitro groups is 1. The summed E-state index contributed by atoms with van der Waals surface area (Å²) in [5, 5.41) is 15.1. The van der Waals surface area contributed by atoms with Gasteiger partial charge in [0.05, 0.1) is 10.6 Å². The Morgan fingerprint density at radius 2 is 2.05 bits per heavy atom. The third-order valence-electron chi connectivity index (χ3n) is 3.55. The first-order valence-electron chi connectivity index (χ1n) is 7.15. The summed E-state index contributed by atoms with van der Waals surface area (Å²) in [5.41, 5.74) is 2.84. The van der Waals surface area contributed by atoms with Crippen LogP contribution in [-0.4, -0.2) is 20.6 Å². The van der Waals surface area contributed by atoms with Gasteiger partial charge in [-0.2, -0.15) is 5.10 Å². The highest BCUT2D eigenvalue weighted by molar-refractivity contribution is 5.96. The molecule has 0 bridgehead atoms. The van der Waals surface area contributed by atoms with E-state index in [9.17, 15) is 14.9 Å². The minimum absolute atomic E-state index is 0.102. The topological polar surface area (TPSA) is 78.0 Å². The van der Waals surface area contributed by atoms with Crippen LogP contribution in [0.2, 0.25) is 0 Å². The second-order valence-electron chi connectivity index (χ2n) is 5.77. The molecule has 116 valence electrons. The van der Waals surface area contributed by atoms with Crippen molar-refractivity contribution in [1.82, 2.24) is 9.78 Å². The minimum Gasteiger partial charge on any atom is -0.267 e. The van der Waals surface area contributed by atoms with Crippen molar-refractivity contribution in [2.45, 2.75) is 34.1 Å². The lowest BCUT2D eigenvalue weighted by molar-refractivity contribution is -0.384. The van der Waals surface area contributed by atoms with Gasteiger partial charge >= 0.3 is 0 Å². The number of benzene rings is 1. The molecule has 0 N–H and O–H groups in total. The number of aromatic nitrogens is 2. The summed E-state index contributed by atoms with van der Waals surface area (Å²) in [7, 11) is 0. The second-order valence-corrected chi connectivity index (χ2v) is 5.77. The Morgan fingerprint density at radius 3 is 2.64 bits per heavy atom. The summed E-state index contributed by atoms with van der Waals surface area (Å²) in [4.78, 5) is 22.9. The maximum Gasteiger partial charge on any atom is 0.278 e. The van der Waals surface area contributed by atoms with Crippen LogP contribution >= 0.6 is 0 Å². The standard InChI is InChI=1S/C16H19N3O3/c1-10(2)8-15-11(3)17-18(12(15)4)16(20)13-6-5-7-14(9-13)19(21)22/h5-7,9-10H,8H2,1-4H3. The highest BCUT2D eigenvalue weighted by atomic mass is 16.6. The van der Waals surface area contributed by atoms with E-state index >= 15 is 0 Å². The molecule has 0 saturated carbocycles. The fourth-order valence-electron chi connectivity index (χ4n) is 2.45. The SMILES string of the molecule is Cc1nn(C(=O)c2cccc([N+](=O)[O-])c2)c(C)c1CC(C)C. The monoisotopic (exact) mass is 301 g/mol. The fourth-order valence-corrected chi connectivity index (χ4v) is 2.45. The first-order chi connectivity index (χ1) is 10.3. The number of nitro benzene ring substituents is 1. The predicted molar refractivity (Wildman–Crippen MR) is 83.1 cm³/mol. The predicted octanol–water partition coefficient (Wildman–Crippen LogP) is 3.30. The van der Waals surface area contributed by atoms with Crippen molar-refractivity contribution < 1.29 is 9.72 Å². The number of carbonyl (C=O) groups is 1. The third kappa shape index (κ3) is 3.05. The summed E-state index contributed by atoms with van der Waals surface area (Å²) in [6.07, 6.45) is 0.847. The van der Waals surface area contributed by atoms with Gasteiger partial charge in [-0.1, -0.05) is 19.9 Å². The van der Waals surface area contributed by atoms with Crippen molar-refractivity contribution in [3.8, 4) is 0 Å². The fraction of sp³-hybridized carbons (Fsp3) is 0.375. The highest BCUT2D eigenvalue weighted by Gasteiger charge is 2.19. The van der Waals surface area contributed by atoms with E-state index in [0.29, 0.717) is 5.92 Å². The third-order valence-corrected chi connectivity index (χ3v) is 3.55. The van der Waals surface area contributed by atoms with E-state index in [1.54, 1.807) is 6.07 Å². The number of aryl methyl sites for hydroxylation is 1. The van der Waals surface area contributed by atoms with E-state index in [-0.39, 0.29) is 17.2 Å². The Hall–Kier alpha value is -2.50. The number of rotatable bonds is 4. The molecule has 0 aliphatic rings. The Kier molecular flexibility index (Phi) is 4.40. The number of hydrogen-bond donors (Lipinski definition) is 0. The Balaban J connectivity index is 2.42. The molecule has 0 radical (unpaired) electrons. The smallest absolute Gasteiger partial charge is 0.267 e. The summed E-state index contributed by atoms with van der Waals surface area (Å²) in [6, 6.07) is 5.71. The molecule has 0 atom stereocenters. The van der Waals surface area contributed by atoms with Gasteiger partial charge in [0.2, 0.25) is 0 Å². The highest BCUT2D eigenvalue weighted by Crippen LogP contribution is 2.20. The molecule has 0 aliphatic heterocycles. The number of hydrogen-bond acceptors (Lipinski definition) is 4. The van der Waals surface area contributed by atoms with E-state index < -0.39 is 4.92 Å². The number of carbonyl (C=O) groups excluding carboxylic acids is 1. The van der Waals surface area contributed by atoms with Gasteiger partial charge in [-0.3, -0.25) is 14.9 Å². The lowest BCUT2D eigenvalue weighted by Gasteiger charge is -2.06. The van der Waals surface area contributed by atoms with Crippen LogP contribution in [-0.2, 0) is 6.42 Å². The van der Waals surface area contributed by atoms with Crippen LogP contribution in [0.25, 0.3) is 0 Å². The van der Waals surface area contributed by atoms with Gasteiger partial charge in [-0.15, -0.1) is 0 Å². The summed E-state index contributed by atoms with van der Waals surface area (Å²) in [6.45, 7) is 7.95. The molecule has 0 unspecified atom stereocenters. The van der Waals surface area contributed by atoms with E-state index in [4.69, 9.17) is 0 Å². The zero-order chi connectivity index (χ0) is 16.4. The lowest BCUT2D eigenvalue weighted by Crippen LogP contribution is -2.15. The van der Waals surface area contributed by atoms with Gasteiger partial charge in [0.15, 0.2) is 0 Å². The van der Waals surface area contributed by atoms with Gasteiger partial charge < -0.3 is 0 Å². The Bertz CT molecular complexity index is 732. The summed E-state index contributed by atoms with van der Waals surface area (Å²) >= 11 is 0. The van der Waals surface area contributed by atoms with Crippen molar-refractivity contribution in [2.75, 3.05) is 0 Å². The average Bonchev–Trinajstić information content (AvgIpc) is 2.74. The van der Waals surface area contributed by atoms with Crippen LogP contribution in [0.3, 0.4) is 0 Å². The average molecular weight is 301 g/mol. The molecule has 0 saturated heterocycles. The van der Waals surface area contributed by atoms with Crippen LogP contribution in [0.4, 0.5) is 5.69 Å². The van der Waals surface area contributed by atoms with Gasteiger partial charge in [0.25, 0.3) is 11.6 Å². The van der Waals surface area contributed by atoms with Crippen LogP contribution in [0.5, 0.6) is 0 Å². The molecule has 0 spiro atoms. The Labute approximate surface area is 128 Å². The lowest BCUT2D eigenvalue weighted by atomic mass is 10.0. The molecular weight excluding hydrogens is 282 g/mol. The Morgan fingerprint density at radius 1 is 1.36 bits per heavy atom. The largest absolute Gasteiger partial charge is 0.278 e. The second kappa shape index (κ2) is 6.09. The first kappa shape index (κ1) is 15.9. The first-order valence-corrected chi connectivity index (χ1v) is 7.15. The van der Waals surface area contributed by atoms with Crippen LogP contribution in [0.15, 0.2) is 24.3 Å². The molecule has 2 aromatic rings. The van der Waals surface area contributed by atoms with Crippen molar-refractivity contribution >= 4 is 11.6 Å². The van der Waals surface area contributed by atoms with Gasteiger partial charge in [-0.25, -0.2) is 4.68 Å². The number of non-ortho nitro benzene ring substituents is 1. The number of nitrogens with zero attached hydrogens (tertiary/aromatic N) is 3. The quantitative estimate of drug-likeness (QED) is 0.641. The van der Waals surface area contributed by atoms with Crippen molar-refractivity contribution in [2.24, 2.45) is 5.92 Å². The van der Waals surface area contributed by atoms with Crippen LogP contribution in [0, 0.1) is 29.9 Å². The zero-order valence-electron chi connectivity index (χ0n) is 13.2. The summed E-state index contributed by atoms with van der Waals surface area (Å²) < 4.78 is 1.34. The molecular formula is C16H19N3O3. The van der Waals surface area contributed by atoms with Crippen molar-refractivity contribution in [3.63, 3.8) is 0 Å². The zero-order valence-corrected chi connectivity index (χ0v) is 13.2. The maximum absolute atomic E-state index is 12.6. The molecule has 6 heteroatoms. The maximum atomic E-state index is 12.6. The molecule has 6 nitrogen and oxygen atoms in total. The van der Waals surface area contributed by atoms with E-state index in [0.717, 1.165) is 23.4 Å². The molecule has 2 rings (SSSR count). The van der Waals surface area contributed by atoms with E-state index in [2.05, 4.69) is 18.9 Å². The molecule has 1 aromatic heterocycles. The molecule has 0 fully saturated rings. The van der Waals surface area contributed by atoms with Gasteiger partial charge in [0, 0.05) is 23.4 Å². The van der Waals surface area contributed by atoms with E-state index in [1.165, 1.54) is 22.9 Å².